The van der Waals surface area contributed by atoms with E-state index in [1.165, 1.54) is 7.11 Å². The van der Waals surface area contributed by atoms with Crippen LogP contribution in [0.3, 0.4) is 0 Å². The van der Waals surface area contributed by atoms with Gasteiger partial charge in [0.1, 0.15) is 12.1 Å². The van der Waals surface area contributed by atoms with Gasteiger partial charge in [-0.05, 0) is 43.7 Å². The van der Waals surface area contributed by atoms with E-state index in [0.29, 0.717) is 22.5 Å². The van der Waals surface area contributed by atoms with Gasteiger partial charge in [0, 0.05) is 5.69 Å². The third kappa shape index (κ3) is 4.36. The molecule has 0 bridgehead atoms. The zero-order chi connectivity index (χ0) is 18.4. The van der Waals surface area contributed by atoms with E-state index in [0.717, 1.165) is 5.56 Å². The highest BCUT2D eigenvalue weighted by Gasteiger charge is 2.16. The second-order valence-corrected chi connectivity index (χ2v) is 5.53. The van der Waals surface area contributed by atoms with Crippen molar-refractivity contribution in [2.45, 2.75) is 19.9 Å². The van der Waals surface area contributed by atoms with Crippen LogP contribution in [-0.4, -0.2) is 25.0 Å². The lowest BCUT2D eigenvalue weighted by Gasteiger charge is -2.18. The zero-order valence-electron chi connectivity index (χ0n) is 14.3. The number of benzene rings is 2. The number of hydrogen-bond donors (Lipinski definition) is 2. The number of rotatable bonds is 5. The molecule has 0 spiro atoms. The third-order valence-corrected chi connectivity index (χ3v) is 3.73. The highest BCUT2D eigenvalue weighted by Crippen LogP contribution is 2.19. The predicted octanol–water partition coefficient (Wildman–Crippen LogP) is 3.09. The van der Waals surface area contributed by atoms with Crippen molar-refractivity contribution < 1.29 is 14.3 Å². The first-order valence-electron chi connectivity index (χ1n) is 7.71. The molecule has 2 aromatic rings. The van der Waals surface area contributed by atoms with Gasteiger partial charge in [-0.25, -0.2) is 4.79 Å². The summed E-state index contributed by atoms with van der Waals surface area (Å²) >= 11 is 0. The average Bonchev–Trinajstić information content (AvgIpc) is 2.63. The number of aryl methyl sites for hydroxylation is 1. The Morgan fingerprint density at radius 3 is 2.56 bits per heavy atom. The molecule has 1 atom stereocenters. The minimum Gasteiger partial charge on any atom is -0.465 e. The number of ether oxygens (including phenoxy) is 1. The smallest absolute Gasteiger partial charge is 0.337 e. The quantitative estimate of drug-likeness (QED) is 0.818. The molecule has 25 heavy (non-hydrogen) atoms. The fraction of sp³-hybridized carbons (Fsp3) is 0.211. The molecule has 6 heteroatoms. The van der Waals surface area contributed by atoms with Crippen LogP contribution in [0.4, 0.5) is 11.4 Å². The van der Waals surface area contributed by atoms with Crippen molar-refractivity contribution >= 4 is 23.3 Å². The van der Waals surface area contributed by atoms with Crippen molar-refractivity contribution in [1.29, 1.82) is 5.26 Å². The number of nitrogens with one attached hydrogen (secondary N) is 2. The number of hydrogen-bond acceptors (Lipinski definition) is 5. The Kier molecular flexibility index (Phi) is 5.75. The molecular weight excluding hydrogens is 318 g/mol. The van der Waals surface area contributed by atoms with Crippen LogP contribution >= 0.6 is 0 Å². The first-order valence-corrected chi connectivity index (χ1v) is 7.71. The van der Waals surface area contributed by atoms with Crippen LogP contribution in [0.2, 0.25) is 0 Å². The van der Waals surface area contributed by atoms with E-state index < -0.39 is 12.0 Å². The topological polar surface area (TPSA) is 91.2 Å². The summed E-state index contributed by atoms with van der Waals surface area (Å²) in [5.74, 6) is -0.728. The molecule has 6 nitrogen and oxygen atoms in total. The van der Waals surface area contributed by atoms with Crippen LogP contribution in [0.1, 0.15) is 28.4 Å². The fourth-order valence-corrected chi connectivity index (χ4v) is 2.25. The molecule has 128 valence electrons. The Balaban J connectivity index is 2.14. The molecule has 0 aliphatic heterocycles. The summed E-state index contributed by atoms with van der Waals surface area (Å²) in [6.07, 6.45) is 0. The van der Waals surface area contributed by atoms with E-state index in [1.54, 1.807) is 49.4 Å². The minimum absolute atomic E-state index is 0.287. The van der Waals surface area contributed by atoms with Crippen LogP contribution in [0, 0.1) is 18.3 Å². The summed E-state index contributed by atoms with van der Waals surface area (Å²) in [6, 6.07) is 13.4. The number of carbonyl (C=O) groups excluding carboxylic acids is 2. The van der Waals surface area contributed by atoms with Crippen molar-refractivity contribution in [2.24, 2.45) is 0 Å². The standard InChI is InChI=1S/C19H19N3O3/c1-12-8-9-14(19(24)25-3)10-17(12)21-13(2)18(23)22-16-7-5-4-6-15(16)11-20/h4-10,13,21H,1-3H3,(H,22,23)/t13-/m1/s1. The summed E-state index contributed by atoms with van der Waals surface area (Å²) in [6.45, 7) is 3.58. The van der Waals surface area contributed by atoms with Crippen LogP contribution in [0.25, 0.3) is 0 Å². The monoisotopic (exact) mass is 337 g/mol. The molecule has 0 aliphatic carbocycles. The van der Waals surface area contributed by atoms with Gasteiger partial charge in [-0.3, -0.25) is 4.79 Å². The summed E-state index contributed by atoms with van der Waals surface area (Å²) < 4.78 is 4.71. The first kappa shape index (κ1) is 18.0. The van der Waals surface area contributed by atoms with Gasteiger partial charge >= 0.3 is 5.97 Å². The van der Waals surface area contributed by atoms with E-state index in [9.17, 15) is 9.59 Å². The van der Waals surface area contributed by atoms with E-state index in [-0.39, 0.29) is 5.91 Å². The largest absolute Gasteiger partial charge is 0.465 e. The fourth-order valence-electron chi connectivity index (χ4n) is 2.25. The third-order valence-electron chi connectivity index (χ3n) is 3.73. The lowest BCUT2D eigenvalue weighted by molar-refractivity contribution is -0.116. The van der Waals surface area contributed by atoms with Crippen LogP contribution < -0.4 is 10.6 Å². The number of para-hydroxylation sites is 1. The molecular formula is C19H19N3O3. The number of nitriles is 1. The number of anilines is 2. The Bertz CT molecular complexity index is 840. The molecule has 0 unspecified atom stereocenters. The number of esters is 1. The number of methoxy groups -OCH3 is 1. The normalized spacial score (nSPS) is 11.1. The van der Waals surface area contributed by atoms with Gasteiger partial charge in [0.2, 0.25) is 5.91 Å². The van der Waals surface area contributed by atoms with Gasteiger partial charge in [-0.2, -0.15) is 5.26 Å². The van der Waals surface area contributed by atoms with Crippen molar-refractivity contribution in [3.8, 4) is 6.07 Å². The van der Waals surface area contributed by atoms with Gasteiger partial charge in [0.25, 0.3) is 0 Å². The van der Waals surface area contributed by atoms with Gasteiger partial charge in [0.15, 0.2) is 0 Å². The number of carbonyl (C=O) groups is 2. The predicted molar refractivity (Wildman–Crippen MR) is 95.4 cm³/mol. The maximum atomic E-state index is 12.4. The maximum Gasteiger partial charge on any atom is 0.337 e. The van der Waals surface area contributed by atoms with Gasteiger partial charge in [-0.1, -0.05) is 18.2 Å². The van der Waals surface area contributed by atoms with E-state index in [1.807, 2.05) is 13.0 Å². The van der Waals surface area contributed by atoms with E-state index >= 15 is 0 Å². The number of nitrogens with zero attached hydrogens (tertiary/aromatic N) is 1. The van der Waals surface area contributed by atoms with E-state index in [4.69, 9.17) is 10.00 Å². The SMILES string of the molecule is COC(=O)c1ccc(C)c(N[C@H](C)C(=O)Nc2ccccc2C#N)c1. The van der Waals surface area contributed by atoms with Crippen LogP contribution in [0.5, 0.6) is 0 Å². The van der Waals surface area contributed by atoms with Crippen LogP contribution in [0.15, 0.2) is 42.5 Å². The summed E-state index contributed by atoms with van der Waals surface area (Å²) in [5.41, 5.74) is 2.82. The van der Waals surface area contributed by atoms with Crippen molar-refractivity contribution in [1.82, 2.24) is 0 Å². The second-order valence-electron chi connectivity index (χ2n) is 5.53. The average molecular weight is 337 g/mol. The Hall–Kier alpha value is -3.33. The van der Waals surface area contributed by atoms with Gasteiger partial charge in [0.05, 0.1) is 23.9 Å². The molecule has 0 aliphatic rings. The highest BCUT2D eigenvalue weighted by molar-refractivity contribution is 5.97. The Morgan fingerprint density at radius 2 is 1.88 bits per heavy atom. The number of amides is 1. The lowest BCUT2D eigenvalue weighted by atomic mass is 10.1. The summed E-state index contributed by atoms with van der Waals surface area (Å²) in [4.78, 5) is 24.0. The minimum atomic E-state index is -0.571. The van der Waals surface area contributed by atoms with Crippen molar-refractivity contribution in [3.05, 3.63) is 59.2 Å². The molecule has 1 amide bonds. The molecule has 0 fully saturated rings. The molecule has 0 heterocycles. The molecule has 0 radical (unpaired) electrons. The van der Waals surface area contributed by atoms with Gasteiger partial charge in [-0.15, -0.1) is 0 Å². The van der Waals surface area contributed by atoms with Crippen molar-refractivity contribution in [2.75, 3.05) is 17.7 Å². The molecule has 0 saturated heterocycles. The molecule has 2 rings (SSSR count). The molecule has 2 aromatic carbocycles. The molecule has 0 aromatic heterocycles. The first-order chi connectivity index (χ1) is 12.0. The highest BCUT2D eigenvalue weighted by atomic mass is 16.5. The van der Waals surface area contributed by atoms with Crippen LogP contribution in [-0.2, 0) is 9.53 Å². The zero-order valence-corrected chi connectivity index (χ0v) is 14.3. The molecule has 0 saturated carbocycles. The Labute approximate surface area is 146 Å². The van der Waals surface area contributed by atoms with Crippen molar-refractivity contribution in [3.63, 3.8) is 0 Å². The Morgan fingerprint density at radius 1 is 1.16 bits per heavy atom. The molecule has 2 N–H and O–H groups in total. The van der Waals surface area contributed by atoms with E-state index in [2.05, 4.69) is 10.6 Å². The van der Waals surface area contributed by atoms with Gasteiger partial charge < -0.3 is 15.4 Å². The summed E-state index contributed by atoms with van der Waals surface area (Å²) in [5, 5.41) is 14.9. The summed E-state index contributed by atoms with van der Waals surface area (Å²) in [7, 11) is 1.32. The lowest BCUT2D eigenvalue weighted by Crippen LogP contribution is -2.32. The second kappa shape index (κ2) is 7.97. The maximum absolute atomic E-state index is 12.4.